The largest absolute Gasteiger partial charge is 0.468 e. The Balaban J connectivity index is 0.00000338. The van der Waals surface area contributed by atoms with Crippen LogP contribution in [0.4, 0.5) is 13.2 Å². The van der Waals surface area contributed by atoms with Gasteiger partial charge in [0.25, 0.3) is 0 Å². The van der Waals surface area contributed by atoms with Gasteiger partial charge in [-0.25, -0.2) is 9.98 Å². The lowest BCUT2D eigenvalue weighted by atomic mass is 9.93. The van der Waals surface area contributed by atoms with Crippen molar-refractivity contribution in [3.63, 3.8) is 0 Å². The van der Waals surface area contributed by atoms with E-state index >= 15 is 0 Å². The smallest absolute Gasteiger partial charge is 0.422 e. The highest BCUT2D eigenvalue weighted by molar-refractivity contribution is 14.0. The molecule has 0 spiro atoms. The molecule has 1 aromatic heterocycles. The Morgan fingerprint density at radius 3 is 2.73 bits per heavy atom. The zero-order valence-electron chi connectivity index (χ0n) is 15.3. The van der Waals surface area contributed by atoms with E-state index in [-0.39, 0.29) is 35.3 Å². The number of pyridine rings is 1. The average molecular weight is 486 g/mol. The van der Waals surface area contributed by atoms with E-state index in [9.17, 15) is 13.2 Å². The summed E-state index contributed by atoms with van der Waals surface area (Å²) in [7, 11) is 0. The number of rotatable bonds is 5. The van der Waals surface area contributed by atoms with E-state index in [1.54, 1.807) is 6.07 Å². The molecular weight excluding hydrogens is 460 g/mol. The number of hydrogen-bond acceptors (Lipinski definition) is 3. The number of hydrogen-bond donors (Lipinski definition) is 1. The molecule has 0 aliphatic carbocycles. The molecular formula is C17H26F3IN4O. The maximum atomic E-state index is 12.2. The number of aliphatic imine (C=N–C) groups is 1. The molecule has 1 saturated heterocycles. The summed E-state index contributed by atoms with van der Waals surface area (Å²) in [5.41, 5.74) is 1.01. The molecule has 1 N–H and O–H groups in total. The van der Waals surface area contributed by atoms with Gasteiger partial charge in [-0.3, -0.25) is 0 Å². The molecule has 148 valence electrons. The van der Waals surface area contributed by atoms with Gasteiger partial charge in [0.2, 0.25) is 5.88 Å². The highest BCUT2D eigenvalue weighted by atomic mass is 127. The molecule has 1 aliphatic rings. The molecule has 2 rings (SSSR count). The number of alkyl halides is 3. The van der Waals surface area contributed by atoms with Crippen molar-refractivity contribution in [1.82, 2.24) is 15.2 Å². The number of likely N-dealkylation sites (tertiary alicyclic amines) is 1. The predicted octanol–water partition coefficient (Wildman–Crippen LogP) is 3.84. The maximum Gasteiger partial charge on any atom is 0.422 e. The van der Waals surface area contributed by atoms with E-state index in [1.807, 2.05) is 6.92 Å². The average Bonchev–Trinajstić information content (AvgIpc) is 2.89. The quantitative estimate of drug-likeness (QED) is 0.391. The van der Waals surface area contributed by atoms with Crippen LogP contribution in [-0.2, 0) is 6.54 Å². The Labute approximate surface area is 169 Å². The first-order valence-corrected chi connectivity index (χ1v) is 8.36. The Hall–Kier alpha value is -1.26. The predicted molar refractivity (Wildman–Crippen MR) is 106 cm³/mol. The zero-order valence-corrected chi connectivity index (χ0v) is 17.6. The number of guanidine groups is 1. The summed E-state index contributed by atoms with van der Waals surface area (Å²) >= 11 is 0. The first kappa shape index (κ1) is 22.8. The summed E-state index contributed by atoms with van der Waals surface area (Å²) in [6.45, 7) is 8.08. The van der Waals surface area contributed by atoms with Gasteiger partial charge in [-0.1, -0.05) is 13.8 Å². The fraction of sp³-hybridized carbons (Fsp3) is 0.647. The van der Waals surface area contributed by atoms with Crippen LogP contribution < -0.4 is 10.1 Å². The third kappa shape index (κ3) is 7.55. The van der Waals surface area contributed by atoms with Gasteiger partial charge in [0.1, 0.15) is 0 Å². The number of ether oxygens (including phenoxy) is 1. The summed E-state index contributed by atoms with van der Waals surface area (Å²) in [5, 5.41) is 3.27. The fourth-order valence-corrected chi connectivity index (χ4v) is 2.67. The Bertz CT molecular complexity index is 608. The van der Waals surface area contributed by atoms with Crippen molar-refractivity contribution in [3.05, 3.63) is 23.9 Å². The number of aromatic nitrogens is 1. The molecule has 0 bridgehead atoms. The zero-order chi connectivity index (χ0) is 18.5. The fourth-order valence-electron chi connectivity index (χ4n) is 2.67. The van der Waals surface area contributed by atoms with Crippen LogP contribution in [0.2, 0.25) is 0 Å². The van der Waals surface area contributed by atoms with Crippen molar-refractivity contribution in [2.75, 3.05) is 26.2 Å². The molecule has 2 heterocycles. The molecule has 0 saturated carbocycles. The van der Waals surface area contributed by atoms with Crippen LogP contribution in [0.25, 0.3) is 0 Å². The van der Waals surface area contributed by atoms with E-state index in [4.69, 9.17) is 0 Å². The minimum atomic E-state index is -4.38. The van der Waals surface area contributed by atoms with Gasteiger partial charge < -0.3 is 15.0 Å². The lowest BCUT2D eigenvalue weighted by Gasteiger charge is -2.23. The molecule has 0 atom stereocenters. The molecule has 0 aromatic carbocycles. The summed E-state index contributed by atoms with van der Waals surface area (Å²) in [4.78, 5) is 10.6. The van der Waals surface area contributed by atoms with Gasteiger partial charge in [-0.05, 0) is 30.4 Å². The number of nitrogens with zero attached hydrogens (tertiary/aromatic N) is 3. The highest BCUT2D eigenvalue weighted by Crippen LogP contribution is 2.28. The Kier molecular flexibility index (Phi) is 8.42. The van der Waals surface area contributed by atoms with Crippen LogP contribution >= 0.6 is 24.0 Å². The second-order valence-electron chi connectivity index (χ2n) is 6.91. The monoisotopic (exact) mass is 486 g/mol. The molecule has 0 amide bonds. The van der Waals surface area contributed by atoms with Gasteiger partial charge >= 0.3 is 6.18 Å². The molecule has 1 aliphatic heterocycles. The Morgan fingerprint density at radius 2 is 2.15 bits per heavy atom. The van der Waals surface area contributed by atoms with E-state index in [0.717, 1.165) is 37.6 Å². The van der Waals surface area contributed by atoms with Crippen molar-refractivity contribution in [3.8, 4) is 5.88 Å². The first-order chi connectivity index (χ1) is 11.7. The van der Waals surface area contributed by atoms with Crippen LogP contribution in [0, 0.1) is 5.41 Å². The second-order valence-corrected chi connectivity index (χ2v) is 6.91. The first-order valence-electron chi connectivity index (χ1n) is 8.36. The minimum absolute atomic E-state index is 0. The van der Waals surface area contributed by atoms with Crippen LogP contribution in [0.15, 0.2) is 23.3 Å². The second kappa shape index (κ2) is 9.61. The van der Waals surface area contributed by atoms with Crippen LogP contribution in [-0.4, -0.2) is 48.3 Å². The maximum absolute atomic E-state index is 12.2. The van der Waals surface area contributed by atoms with E-state index in [1.165, 1.54) is 12.3 Å². The van der Waals surface area contributed by atoms with Gasteiger partial charge in [0, 0.05) is 31.9 Å². The van der Waals surface area contributed by atoms with Gasteiger partial charge in [-0.2, -0.15) is 13.2 Å². The highest BCUT2D eigenvalue weighted by Gasteiger charge is 2.31. The third-order valence-electron chi connectivity index (χ3n) is 3.91. The summed E-state index contributed by atoms with van der Waals surface area (Å²) in [6.07, 6.45) is -1.85. The topological polar surface area (TPSA) is 49.8 Å². The number of nitrogens with one attached hydrogen (secondary N) is 1. The van der Waals surface area contributed by atoms with Crippen LogP contribution in [0.5, 0.6) is 5.88 Å². The van der Waals surface area contributed by atoms with Gasteiger partial charge in [0.05, 0.1) is 6.54 Å². The lowest BCUT2D eigenvalue weighted by molar-refractivity contribution is -0.154. The summed E-state index contributed by atoms with van der Waals surface area (Å²) in [5.74, 6) is 0.778. The third-order valence-corrected chi connectivity index (χ3v) is 3.91. The molecule has 1 fully saturated rings. The van der Waals surface area contributed by atoms with Crippen molar-refractivity contribution >= 4 is 29.9 Å². The van der Waals surface area contributed by atoms with Gasteiger partial charge in [0.15, 0.2) is 12.6 Å². The van der Waals surface area contributed by atoms with Crippen LogP contribution in [0.1, 0.15) is 32.8 Å². The van der Waals surface area contributed by atoms with Gasteiger partial charge in [-0.15, -0.1) is 24.0 Å². The van der Waals surface area contributed by atoms with E-state index in [0.29, 0.717) is 6.54 Å². The van der Waals surface area contributed by atoms with Crippen molar-refractivity contribution in [2.24, 2.45) is 10.4 Å². The number of halogens is 4. The molecule has 5 nitrogen and oxygen atoms in total. The lowest BCUT2D eigenvalue weighted by Crippen LogP contribution is -2.40. The Morgan fingerprint density at radius 1 is 1.42 bits per heavy atom. The normalized spacial score (nSPS) is 17.0. The van der Waals surface area contributed by atoms with Crippen molar-refractivity contribution < 1.29 is 17.9 Å². The van der Waals surface area contributed by atoms with E-state index in [2.05, 4.69) is 38.8 Å². The molecule has 0 radical (unpaired) electrons. The van der Waals surface area contributed by atoms with Crippen molar-refractivity contribution in [1.29, 1.82) is 0 Å². The molecule has 1 aromatic rings. The molecule has 0 unspecified atom stereocenters. The SMILES string of the molecule is CCNC(=NCc1ccnc(OCC(F)(F)F)c1)N1CCC(C)(C)C1.I. The van der Waals surface area contributed by atoms with Crippen LogP contribution in [0.3, 0.4) is 0 Å². The minimum Gasteiger partial charge on any atom is -0.468 e. The van der Waals surface area contributed by atoms with Crippen molar-refractivity contribution in [2.45, 2.75) is 39.9 Å². The molecule has 26 heavy (non-hydrogen) atoms. The summed E-state index contributed by atoms with van der Waals surface area (Å²) in [6, 6.07) is 3.22. The van der Waals surface area contributed by atoms with E-state index < -0.39 is 12.8 Å². The summed E-state index contributed by atoms with van der Waals surface area (Å²) < 4.78 is 41.4. The standard InChI is InChI=1S/C17H25F3N4O.HI/c1-4-21-15(24-8-6-16(2,3)11-24)23-10-13-5-7-22-14(9-13)25-12-17(18,19)20;/h5,7,9H,4,6,8,10-12H2,1-3H3,(H,21,23);1H. The molecule has 9 heteroatoms.